The first-order valence-electron chi connectivity index (χ1n) is 4.94. The molecule has 8 heteroatoms. The van der Waals surface area contributed by atoms with E-state index in [1.807, 2.05) is 0 Å². The van der Waals surface area contributed by atoms with Crippen molar-refractivity contribution in [1.82, 2.24) is 9.55 Å². The minimum absolute atomic E-state index is 0.639. The highest BCUT2D eigenvalue weighted by molar-refractivity contribution is 4.93. The summed E-state index contributed by atoms with van der Waals surface area (Å²) in [5.74, 6) is -1.17. The molecule has 1 aromatic heterocycles. The van der Waals surface area contributed by atoms with Crippen molar-refractivity contribution in [2.45, 2.75) is 31.5 Å². The second-order valence-corrected chi connectivity index (χ2v) is 3.86. The highest BCUT2D eigenvalue weighted by atomic mass is 19.1. The monoisotopic (exact) mass is 246 g/mol. The third kappa shape index (κ3) is 1.90. The van der Waals surface area contributed by atoms with E-state index < -0.39 is 41.6 Å². The van der Waals surface area contributed by atoms with E-state index in [-0.39, 0.29) is 0 Å². The van der Waals surface area contributed by atoms with Gasteiger partial charge in [0, 0.05) is 0 Å². The van der Waals surface area contributed by atoms with Gasteiger partial charge in [-0.25, -0.2) is 4.79 Å². The Labute approximate surface area is 94.1 Å². The standard InChI is InChI=1S/C9H11FN2O5/c1-3-5(13)6(14)8(17-3)12-2-4(10)7(15)11-9(12)16/h2-3,5-6,8,13-14H,1H3,(H,11,15,16)/t3-,5-,6+,8-/m1/s1. The van der Waals surface area contributed by atoms with Crippen LogP contribution in [0.4, 0.5) is 4.39 Å². The van der Waals surface area contributed by atoms with Gasteiger partial charge in [-0.2, -0.15) is 4.39 Å². The lowest BCUT2D eigenvalue weighted by molar-refractivity contribution is -0.0356. The lowest BCUT2D eigenvalue weighted by atomic mass is 10.1. The van der Waals surface area contributed by atoms with E-state index in [1.165, 1.54) is 6.92 Å². The number of nitrogens with one attached hydrogen (secondary N) is 1. The highest BCUT2D eigenvalue weighted by Gasteiger charge is 2.41. The van der Waals surface area contributed by atoms with Crippen molar-refractivity contribution in [2.75, 3.05) is 0 Å². The molecule has 1 fully saturated rings. The van der Waals surface area contributed by atoms with Crippen LogP contribution < -0.4 is 11.2 Å². The molecule has 1 aliphatic heterocycles. The van der Waals surface area contributed by atoms with Crippen molar-refractivity contribution in [2.24, 2.45) is 0 Å². The molecule has 0 aromatic carbocycles. The van der Waals surface area contributed by atoms with Gasteiger partial charge in [0.1, 0.15) is 12.2 Å². The lowest BCUT2D eigenvalue weighted by Gasteiger charge is -2.16. The summed E-state index contributed by atoms with van der Waals surface area (Å²) in [5, 5.41) is 19.1. The Morgan fingerprint density at radius 1 is 1.41 bits per heavy atom. The van der Waals surface area contributed by atoms with Crippen LogP contribution in [0.2, 0.25) is 0 Å². The van der Waals surface area contributed by atoms with Gasteiger partial charge in [-0.05, 0) is 6.92 Å². The van der Waals surface area contributed by atoms with Gasteiger partial charge in [-0.3, -0.25) is 14.3 Å². The number of nitrogens with zero attached hydrogens (tertiary/aromatic N) is 1. The van der Waals surface area contributed by atoms with Gasteiger partial charge in [-0.1, -0.05) is 0 Å². The number of rotatable bonds is 1. The molecule has 4 atom stereocenters. The molecule has 94 valence electrons. The Kier molecular flexibility index (Phi) is 2.86. The van der Waals surface area contributed by atoms with Crippen LogP contribution in [0.25, 0.3) is 0 Å². The predicted octanol–water partition coefficient (Wildman–Crippen LogP) is -1.69. The zero-order valence-corrected chi connectivity index (χ0v) is 8.83. The third-order valence-corrected chi connectivity index (χ3v) is 2.68. The molecule has 0 amide bonds. The van der Waals surface area contributed by atoms with Crippen LogP contribution in [-0.2, 0) is 4.74 Å². The van der Waals surface area contributed by atoms with Crippen molar-refractivity contribution < 1.29 is 19.3 Å². The molecule has 7 nitrogen and oxygen atoms in total. The van der Waals surface area contributed by atoms with Crippen LogP contribution in [0.3, 0.4) is 0 Å². The van der Waals surface area contributed by atoms with Gasteiger partial charge in [0.15, 0.2) is 6.23 Å². The summed E-state index contributed by atoms with van der Waals surface area (Å²) < 4.78 is 18.9. The molecule has 0 spiro atoms. The maximum absolute atomic E-state index is 13.0. The van der Waals surface area contributed by atoms with Crippen molar-refractivity contribution in [1.29, 1.82) is 0 Å². The molecule has 0 saturated carbocycles. The topological polar surface area (TPSA) is 105 Å². The van der Waals surface area contributed by atoms with Gasteiger partial charge >= 0.3 is 5.69 Å². The zero-order valence-electron chi connectivity index (χ0n) is 8.83. The minimum Gasteiger partial charge on any atom is -0.388 e. The number of aliphatic hydroxyl groups excluding tert-OH is 2. The molecular weight excluding hydrogens is 235 g/mol. The maximum Gasteiger partial charge on any atom is 0.330 e. The largest absolute Gasteiger partial charge is 0.388 e. The average molecular weight is 246 g/mol. The van der Waals surface area contributed by atoms with Crippen molar-refractivity contribution in [3.05, 3.63) is 32.9 Å². The number of aliphatic hydroxyl groups is 2. The first kappa shape index (κ1) is 12.0. The van der Waals surface area contributed by atoms with Crippen LogP contribution in [-0.4, -0.2) is 38.1 Å². The van der Waals surface area contributed by atoms with Crippen LogP contribution in [0.5, 0.6) is 0 Å². The summed E-state index contributed by atoms with van der Waals surface area (Å²) in [6, 6.07) is 0. The first-order chi connectivity index (χ1) is 7.91. The molecule has 0 aliphatic carbocycles. The smallest absolute Gasteiger partial charge is 0.330 e. The second kappa shape index (κ2) is 4.06. The quantitative estimate of drug-likeness (QED) is 0.548. The summed E-state index contributed by atoms with van der Waals surface area (Å²) >= 11 is 0. The fourth-order valence-electron chi connectivity index (χ4n) is 1.71. The van der Waals surface area contributed by atoms with Crippen LogP contribution in [0, 0.1) is 5.82 Å². The van der Waals surface area contributed by atoms with Crippen molar-refractivity contribution in [3.63, 3.8) is 0 Å². The van der Waals surface area contributed by atoms with Gasteiger partial charge in [0.2, 0.25) is 5.82 Å². The van der Waals surface area contributed by atoms with E-state index in [9.17, 15) is 24.2 Å². The normalized spacial score (nSPS) is 32.9. The number of H-pyrrole nitrogens is 1. The molecule has 0 bridgehead atoms. The molecule has 1 saturated heterocycles. The van der Waals surface area contributed by atoms with Crippen LogP contribution in [0.15, 0.2) is 15.8 Å². The number of aromatic amines is 1. The van der Waals surface area contributed by atoms with Crippen molar-refractivity contribution in [3.8, 4) is 0 Å². The minimum atomic E-state index is -1.37. The van der Waals surface area contributed by atoms with E-state index in [4.69, 9.17) is 4.74 Å². The molecule has 2 rings (SSSR count). The fraction of sp³-hybridized carbons (Fsp3) is 0.556. The molecular formula is C9H11FN2O5. The first-order valence-corrected chi connectivity index (χ1v) is 4.94. The highest BCUT2D eigenvalue weighted by Crippen LogP contribution is 2.27. The number of aromatic nitrogens is 2. The molecule has 3 N–H and O–H groups in total. The molecule has 1 aliphatic rings. The summed E-state index contributed by atoms with van der Waals surface area (Å²) in [5.41, 5.74) is -2.06. The SMILES string of the molecule is C[C@H]1O[C@@H](n2cc(F)c(=O)[nH]c2=O)[C@@H](O)[C@@H]1O. The number of halogens is 1. The van der Waals surface area contributed by atoms with Gasteiger partial charge in [0.25, 0.3) is 5.56 Å². The number of ether oxygens (including phenoxy) is 1. The second-order valence-electron chi connectivity index (χ2n) is 3.86. The Hall–Kier alpha value is -1.51. The molecule has 2 heterocycles. The van der Waals surface area contributed by atoms with Crippen LogP contribution in [0.1, 0.15) is 13.2 Å². The number of hydrogen-bond acceptors (Lipinski definition) is 5. The summed E-state index contributed by atoms with van der Waals surface area (Å²) in [6.07, 6.45) is -3.83. The zero-order chi connectivity index (χ0) is 12.7. The van der Waals surface area contributed by atoms with Crippen molar-refractivity contribution >= 4 is 0 Å². The number of hydrogen-bond donors (Lipinski definition) is 3. The van der Waals surface area contributed by atoms with E-state index in [1.54, 1.807) is 4.98 Å². The van der Waals surface area contributed by atoms with E-state index >= 15 is 0 Å². The van der Waals surface area contributed by atoms with E-state index in [2.05, 4.69) is 0 Å². The average Bonchev–Trinajstić information content (AvgIpc) is 2.51. The molecule has 0 unspecified atom stereocenters. The Morgan fingerprint density at radius 2 is 2.06 bits per heavy atom. The fourth-order valence-corrected chi connectivity index (χ4v) is 1.71. The lowest BCUT2D eigenvalue weighted by Crippen LogP contribution is -2.38. The Balaban J connectivity index is 2.46. The summed E-state index contributed by atoms with van der Waals surface area (Å²) in [6.45, 7) is 1.50. The van der Waals surface area contributed by atoms with Gasteiger partial charge in [0.05, 0.1) is 12.3 Å². The Bertz CT molecular complexity index is 539. The van der Waals surface area contributed by atoms with Gasteiger partial charge in [-0.15, -0.1) is 0 Å². The third-order valence-electron chi connectivity index (χ3n) is 2.68. The van der Waals surface area contributed by atoms with E-state index in [0.29, 0.717) is 10.8 Å². The molecule has 17 heavy (non-hydrogen) atoms. The molecule has 0 radical (unpaired) electrons. The summed E-state index contributed by atoms with van der Waals surface area (Å²) in [4.78, 5) is 24.0. The van der Waals surface area contributed by atoms with E-state index in [0.717, 1.165) is 0 Å². The Morgan fingerprint density at radius 3 is 2.59 bits per heavy atom. The molecule has 1 aromatic rings. The maximum atomic E-state index is 13.0. The van der Waals surface area contributed by atoms with Gasteiger partial charge < -0.3 is 14.9 Å². The van der Waals surface area contributed by atoms with Crippen LogP contribution >= 0.6 is 0 Å². The summed E-state index contributed by atoms with van der Waals surface area (Å²) in [7, 11) is 0. The predicted molar refractivity (Wildman–Crippen MR) is 52.9 cm³/mol.